The second kappa shape index (κ2) is 13.8. The molecule has 5 amide bonds. The summed E-state index contributed by atoms with van der Waals surface area (Å²) in [7, 11) is 3.28. The van der Waals surface area contributed by atoms with Gasteiger partial charge < -0.3 is 39.7 Å². The molecule has 0 saturated carbocycles. The van der Waals surface area contributed by atoms with Crippen LogP contribution in [-0.2, 0) is 4.74 Å². The van der Waals surface area contributed by atoms with Gasteiger partial charge in [0, 0.05) is 55.6 Å². The van der Waals surface area contributed by atoms with Crippen LogP contribution in [0.4, 0.5) is 26.7 Å². The van der Waals surface area contributed by atoms with Crippen molar-refractivity contribution < 1.29 is 28.4 Å². The number of methoxy groups -OCH3 is 1. The van der Waals surface area contributed by atoms with Gasteiger partial charge in [0.25, 0.3) is 5.91 Å². The van der Waals surface area contributed by atoms with Gasteiger partial charge in [-0.2, -0.15) is 0 Å². The van der Waals surface area contributed by atoms with Crippen molar-refractivity contribution in [2.24, 2.45) is 5.92 Å². The van der Waals surface area contributed by atoms with Crippen LogP contribution < -0.4 is 20.7 Å². The number of nitrogens with one attached hydrogen (secondary N) is 3. The van der Waals surface area contributed by atoms with E-state index < -0.39 is 12.1 Å². The van der Waals surface area contributed by atoms with E-state index in [1.54, 1.807) is 80.3 Å². The first-order valence-corrected chi connectivity index (χ1v) is 14.2. The molecule has 12 nitrogen and oxygen atoms in total. The molecule has 0 fully saturated rings. The van der Waals surface area contributed by atoms with Crippen molar-refractivity contribution in [3.05, 3.63) is 64.5 Å². The summed E-state index contributed by atoms with van der Waals surface area (Å²) < 4.78 is 17.2. The predicted octanol–water partition coefficient (Wildman–Crippen LogP) is 5.63. The number of likely N-dealkylation sites (N-methyl/N-ethyl adjacent to an activating group) is 1. The molecule has 1 aliphatic rings. The van der Waals surface area contributed by atoms with Crippen molar-refractivity contribution in [1.82, 2.24) is 15.0 Å². The van der Waals surface area contributed by atoms with Crippen LogP contribution in [0.1, 0.15) is 35.7 Å². The van der Waals surface area contributed by atoms with Gasteiger partial charge in [0.05, 0.1) is 17.7 Å². The fraction of sp³-hybridized carbons (Fsp3) is 0.400. The number of rotatable bonds is 4. The molecule has 1 aromatic heterocycles. The van der Waals surface area contributed by atoms with Crippen LogP contribution in [0.2, 0.25) is 5.02 Å². The second-order valence-corrected chi connectivity index (χ2v) is 11.1. The highest BCUT2D eigenvalue weighted by atomic mass is 35.5. The third-order valence-electron chi connectivity index (χ3n) is 7.33. The van der Waals surface area contributed by atoms with Gasteiger partial charge in [0.15, 0.2) is 5.76 Å². The van der Waals surface area contributed by atoms with Gasteiger partial charge in [0.1, 0.15) is 23.7 Å². The summed E-state index contributed by atoms with van der Waals surface area (Å²) in [4.78, 5) is 43.0. The van der Waals surface area contributed by atoms with Gasteiger partial charge in [-0.05, 0) is 57.2 Å². The van der Waals surface area contributed by atoms with Crippen molar-refractivity contribution >= 4 is 46.6 Å². The van der Waals surface area contributed by atoms with Crippen LogP contribution in [0.3, 0.4) is 0 Å². The number of halogens is 1. The van der Waals surface area contributed by atoms with E-state index in [4.69, 9.17) is 25.6 Å². The summed E-state index contributed by atoms with van der Waals surface area (Å²) in [6.07, 6.45) is -0.350. The SMILES string of the molecule is CO[C@@H]1CN(C)C(=O)c2ccc(NC(=O)Nc3ccc(Cl)cc3)cc2OC[C@@H](C)N(C(=O)Nc2c(C)noc2C)C[C@H]1C. The lowest BCUT2D eigenvalue weighted by Crippen LogP contribution is -2.50. The van der Waals surface area contributed by atoms with Crippen LogP contribution >= 0.6 is 11.6 Å². The molecular formula is C30H37ClN6O6. The van der Waals surface area contributed by atoms with E-state index in [2.05, 4.69) is 21.1 Å². The number of carbonyl (C=O) groups excluding carboxylic acids is 3. The third kappa shape index (κ3) is 7.76. The number of anilines is 3. The van der Waals surface area contributed by atoms with E-state index in [1.807, 2.05) is 13.8 Å². The van der Waals surface area contributed by atoms with E-state index in [-0.39, 0.29) is 42.9 Å². The molecule has 0 unspecified atom stereocenters. The summed E-state index contributed by atoms with van der Waals surface area (Å²) in [5, 5.41) is 12.9. The summed E-state index contributed by atoms with van der Waals surface area (Å²) >= 11 is 5.93. The average Bonchev–Trinajstić information content (AvgIpc) is 3.29. The van der Waals surface area contributed by atoms with E-state index >= 15 is 0 Å². The first-order chi connectivity index (χ1) is 20.5. The van der Waals surface area contributed by atoms with Crippen molar-refractivity contribution in [2.75, 3.05) is 49.8 Å². The van der Waals surface area contributed by atoms with Gasteiger partial charge in [-0.25, -0.2) is 9.59 Å². The Labute approximate surface area is 255 Å². The highest BCUT2D eigenvalue weighted by molar-refractivity contribution is 6.30. The van der Waals surface area contributed by atoms with Crippen molar-refractivity contribution in [3.8, 4) is 5.75 Å². The number of hydrogen-bond donors (Lipinski definition) is 3. The van der Waals surface area contributed by atoms with Crippen LogP contribution in [-0.4, -0.2) is 78.9 Å². The summed E-state index contributed by atoms with van der Waals surface area (Å²) in [5.41, 5.74) is 2.38. The number of hydrogen-bond acceptors (Lipinski definition) is 7. The van der Waals surface area contributed by atoms with Gasteiger partial charge in [0.2, 0.25) is 0 Å². The molecule has 3 aromatic rings. The molecule has 13 heteroatoms. The third-order valence-corrected chi connectivity index (χ3v) is 7.58. The first kappa shape index (κ1) is 31.6. The number of benzene rings is 2. The molecule has 4 rings (SSSR count). The number of nitrogens with zero attached hydrogens (tertiary/aromatic N) is 3. The number of aromatic nitrogens is 1. The molecule has 2 heterocycles. The maximum Gasteiger partial charge on any atom is 0.323 e. The highest BCUT2D eigenvalue weighted by Gasteiger charge is 2.31. The zero-order valence-electron chi connectivity index (χ0n) is 25.1. The monoisotopic (exact) mass is 612 g/mol. The van der Waals surface area contributed by atoms with Crippen LogP contribution in [0, 0.1) is 19.8 Å². The number of urea groups is 2. The Morgan fingerprint density at radius 3 is 2.35 bits per heavy atom. The predicted molar refractivity (Wildman–Crippen MR) is 164 cm³/mol. The molecule has 2 aromatic carbocycles. The van der Waals surface area contributed by atoms with Gasteiger partial charge in [-0.1, -0.05) is 23.7 Å². The van der Waals surface area contributed by atoms with E-state index in [1.165, 1.54) is 0 Å². The lowest BCUT2D eigenvalue weighted by molar-refractivity contribution is 0.0174. The van der Waals surface area contributed by atoms with Crippen molar-refractivity contribution in [1.29, 1.82) is 0 Å². The number of fused-ring (bicyclic) bond motifs is 1. The Kier molecular flexibility index (Phi) is 10.1. The molecule has 3 atom stereocenters. The fourth-order valence-electron chi connectivity index (χ4n) is 4.80. The molecule has 0 spiro atoms. The Balaban J connectivity index is 1.60. The van der Waals surface area contributed by atoms with Crippen LogP contribution in [0.15, 0.2) is 47.0 Å². The standard InChI is InChI=1S/C30H37ClN6O6/c1-17-14-37(30(40)34-27-19(3)35-43-20(27)4)18(2)16-42-25-13-23(33-29(39)32-22-9-7-21(31)8-10-22)11-12-24(25)28(38)36(5)15-26(17)41-6/h7-13,17-18,26H,14-16H2,1-6H3,(H,34,40)(H2,32,33,39)/t17-,18-,26-/m1/s1. The summed E-state index contributed by atoms with van der Waals surface area (Å²) in [6.45, 7) is 8.01. The van der Waals surface area contributed by atoms with Gasteiger partial charge in [-0.15, -0.1) is 0 Å². The van der Waals surface area contributed by atoms with Crippen molar-refractivity contribution in [3.63, 3.8) is 0 Å². The number of carbonyl (C=O) groups is 3. The van der Waals surface area contributed by atoms with Crippen LogP contribution in [0.5, 0.6) is 5.75 Å². The van der Waals surface area contributed by atoms with E-state index in [0.29, 0.717) is 45.6 Å². The van der Waals surface area contributed by atoms with E-state index in [0.717, 1.165) is 0 Å². The molecule has 230 valence electrons. The summed E-state index contributed by atoms with van der Waals surface area (Å²) in [6, 6.07) is 10.3. The molecule has 0 bridgehead atoms. The Morgan fingerprint density at radius 1 is 1.02 bits per heavy atom. The summed E-state index contributed by atoms with van der Waals surface area (Å²) in [5.74, 6) is 0.383. The molecular weight excluding hydrogens is 576 g/mol. The second-order valence-electron chi connectivity index (χ2n) is 10.7. The minimum Gasteiger partial charge on any atom is -0.491 e. The zero-order valence-corrected chi connectivity index (χ0v) is 25.8. The molecule has 0 aliphatic carbocycles. The van der Waals surface area contributed by atoms with Gasteiger partial charge >= 0.3 is 12.1 Å². The lowest BCUT2D eigenvalue weighted by atomic mass is 10.0. The largest absolute Gasteiger partial charge is 0.491 e. The molecule has 3 N–H and O–H groups in total. The smallest absolute Gasteiger partial charge is 0.323 e. The van der Waals surface area contributed by atoms with Crippen LogP contribution in [0.25, 0.3) is 0 Å². The zero-order chi connectivity index (χ0) is 31.3. The number of amides is 5. The van der Waals surface area contributed by atoms with Crippen molar-refractivity contribution in [2.45, 2.75) is 39.8 Å². The molecule has 1 aliphatic heterocycles. The minimum atomic E-state index is -0.480. The highest BCUT2D eigenvalue weighted by Crippen LogP contribution is 2.28. The quantitative estimate of drug-likeness (QED) is 0.347. The Bertz CT molecular complexity index is 1440. The lowest BCUT2D eigenvalue weighted by Gasteiger charge is -2.36. The first-order valence-electron chi connectivity index (χ1n) is 13.9. The Hall–Kier alpha value is -4.29. The molecule has 43 heavy (non-hydrogen) atoms. The topological polar surface area (TPSA) is 138 Å². The fourth-order valence-corrected chi connectivity index (χ4v) is 4.93. The maximum absolute atomic E-state index is 13.6. The molecule has 0 radical (unpaired) electrons. The van der Waals surface area contributed by atoms with Gasteiger partial charge in [-0.3, -0.25) is 4.79 Å². The number of aryl methyl sites for hydroxylation is 2. The molecule has 0 saturated heterocycles. The Morgan fingerprint density at radius 2 is 1.70 bits per heavy atom. The minimum absolute atomic E-state index is 0.0732. The number of ether oxygens (including phenoxy) is 2. The normalized spacial score (nSPS) is 19.4. The van der Waals surface area contributed by atoms with E-state index in [9.17, 15) is 14.4 Å². The average molecular weight is 613 g/mol. The maximum atomic E-state index is 13.6.